The number of aryl methyl sites for hydroxylation is 2. The van der Waals surface area contributed by atoms with Crippen molar-refractivity contribution in [3.05, 3.63) is 107 Å². The number of ether oxygens (including phenoxy) is 1. The fraction of sp³-hybridized carbons (Fsp3) is 0.115. The Morgan fingerprint density at radius 1 is 1.06 bits per heavy atom. The van der Waals surface area contributed by atoms with E-state index >= 15 is 0 Å². The standard InChI is InChI=1S/C26H21FN4O2/c1-17-12-20(7-10-22(17)30-14-18(2)29-16-30)13-24-26(32)31(15-19-5-8-21(27)9-6-19)25-23(33-24)4-3-11-28-25/h3-14,16H,15H2,1-2H3/b24-13-. The van der Waals surface area contributed by atoms with Gasteiger partial charge in [0.05, 0.1) is 18.6 Å². The van der Waals surface area contributed by atoms with Gasteiger partial charge in [0.15, 0.2) is 17.3 Å². The largest absolute Gasteiger partial charge is 0.448 e. The van der Waals surface area contributed by atoms with E-state index in [1.54, 1.807) is 47.8 Å². The van der Waals surface area contributed by atoms with Gasteiger partial charge in [0, 0.05) is 18.1 Å². The molecule has 0 atom stereocenters. The maximum absolute atomic E-state index is 13.3. The summed E-state index contributed by atoms with van der Waals surface area (Å²) in [5, 5.41) is 0. The van der Waals surface area contributed by atoms with Crippen LogP contribution in [0, 0.1) is 19.7 Å². The van der Waals surface area contributed by atoms with Crippen LogP contribution >= 0.6 is 0 Å². The Balaban J connectivity index is 1.48. The predicted octanol–water partition coefficient (Wildman–Crippen LogP) is 4.99. The van der Waals surface area contributed by atoms with Gasteiger partial charge in [-0.1, -0.05) is 18.2 Å². The number of halogens is 1. The van der Waals surface area contributed by atoms with Gasteiger partial charge < -0.3 is 9.30 Å². The molecular formula is C26H21FN4O2. The van der Waals surface area contributed by atoms with Gasteiger partial charge in [0.1, 0.15) is 5.82 Å². The van der Waals surface area contributed by atoms with E-state index < -0.39 is 0 Å². The van der Waals surface area contributed by atoms with Gasteiger partial charge in [0.2, 0.25) is 0 Å². The van der Waals surface area contributed by atoms with E-state index in [1.807, 2.05) is 42.8 Å². The molecule has 0 saturated carbocycles. The quantitative estimate of drug-likeness (QED) is 0.420. The third-order valence-corrected chi connectivity index (χ3v) is 5.44. The summed E-state index contributed by atoms with van der Waals surface area (Å²) in [6, 6.07) is 15.5. The normalized spacial score (nSPS) is 14.3. The summed E-state index contributed by atoms with van der Waals surface area (Å²) in [6.07, 6.45) is 7.08. The number of rotatable bonds is 4. The van der Waals surface area contributed by atoms with E-state index in [0.717, 1.165) is 28.1 Å². The van der Waals surface area contributed by atoms with E-state index in [4.69, 9.17) is 4.74 Å². The summed E-state index contributed by atoms with van der Waals surface area (Å²) in [5.74, 6) is 0.496. The molecular weight excluding hydrogens is 419 g/mol. The molecule has 0 fully saturated rings. The number of carbonyl (C=O) groups excluding carboxylic acids is 1. The van der Waals surface area contributed by atoms with Gasteiger partial charge in [0.25, 0.3) is 5.91 Å². The van der Waals surface area contributed by atoms with Crippen LogP contribution in [0.2, 0.25) is 0 Å². The average molecular weight is 440 g/mol. The van der Waals surface area contributed by atoms with Crippen LogP contribution in [0.25, 0.3) is 11.8 Å². The lowest BCUT2D eigenvalue weighted by atomic mass is 10.1. The summed E-state index contributed by atoms with van der Waals surface area (Å²) in [7, 11) is 0. The summed E-state index contributed by atoms with van der Waals surface area (Å²) >= 11 is 0. The van der Waals surface area contributed by atoms with E-state index in [9.17, 15) is 9.18 Å². The van der Waals surface area contributed by atoms with Crippen molar-refractivity contribution in [3.8, 4) is 11.4 Å². The Bertz CT molecular complexity index is 1380. The number of anilines is 1. The van der Waals surface area contributed by atoms with Crippen LogP contribution in [0.5, 0.6) is 5.75 Å². The number of fused-ring (bicyclic) bond motifs is 1. The molecule has 3 heterocycles. The second kappa shape index (κ2) is 8.35. The highest BCUT2D eigenvalue weighted by Crippen LogP contribution is 2.34. The zero-order valence-electron chi connectivity index (χ0n) is 18.2. The number of hydrogen-bond acceptors (Lipinski definition) is 4. The topological polar surface area (TPSA) is 60.2 Å². The fourth-order valence-electron chi connectivity index (χ4n) is 3.83. The van der Waals surface area contributed by atoms with E-state index in [1.165, 1.54) is 12.1 Å². The van der Waals surface area contributed by atoms with Crippen molar-refractivity contribution in [2.45, 2.75) is 20.4 Å². The zero-order valence-corrected chi connectivity index (χ0v) is 18.2. The molecule has 2 aromatic heterocycles. The highest BCUT2D eigenvalue weighted by atomic mass is 19.1. The maximum atomic E-state index is 13.3. The average Bonchev–Trinajstić information content (AvgIpc) is 3.24. The SMILES string of the molecule is Cc1cn(-c2ccc(/C=C3\Oc4cccnc4N(Cc4ccc(F)cc4)C3=O)cc2C)cn1. The molecule has 0 aliphatic carbocycles. The van der Waals surface area contributed by atoms with Crippen molar-refractivity contribution in [3.63, 3.8) is 0 Å². The predicted molar refractivity (Wildman–Crippen MR) is 123 cm³/mol. The monoisotopic (exact) mass is 440 g/mol. The third kappa shape index (κ3) is 4.13. The van der Waals surface area contributed by atoms with Gasteiger partial charge in [-0.2, -0.15) is 0 Å². The number of carbonyl (C=O) groups is 1. The van der Waals surface area contributed by atoms with Gasteiger partial charge >= 0.3 is 0 Å². The lowest BCUT2D eigenvalue weighted by Gasteiger charge is -2.29. The molecule has 0 spiro atoms. The van der Waals surface area contributed by atoms with Crippen molar-refractivity contribution >= 4 is 17.8 Å². The number of benzene rings is 2. The van der Waals surface area contributed by atoms with Crippen LogP contribution in [0.4, 0.5) is 10.2 Å². The van der Waals surface area contributed by atoms with Crippen LogP contribution in [0.3, 0.4) is 0 Å². The molecule has 1 aliphatic heterocycles. The van der Waals surface area contributed by atoms with Gasteiger partial charge in [-0.25, -0.2) is 14.4 Å². The second-order valence-corrected chi connectivity index (χ2v) is 7.92. The lowest BCUT2D eigenvalue weighted by molar-refractivity contribution is -0.117. The Morgan fingerprint density at radius 3 is 2.61 bits per heavy atom. The zero-order chi connectivity index (χ0) is 22.9. The van der Waals surface area contributed by atoms with Crippen LogP contribution in [-0.2, 0) is 11.3 Å². The Labute approximate surface area is 190 Å². The number of hydrogen-bond donors (Lipinski definition) is 0. The summed E-state index contributed by atoms with van der Waals surface area (Å²) in [4.78, 5) is 23.5. The first kappa shape index (κ1) is 20.6. The van der Waals surface area contributed by atoms with E-state index in [0.29, 0.717) is 11.6 Å². The number of aromatic nitrogens is 3. The molecule has 6 nitrogen and oxygen atoms in total. The van der Waals surface area contributed by atoms with Gasteiger partial charge in [-0.05, 0) is 73.0 Å². The van der Waals surface area contributed by atoms with Crippen molar-refractivity contribution in [1.29, 1.82) is 0 Å². The Hall–Kier alpha value is -4.26. The number of nitrogens with zero attached hydrogens (tertiary/aromatic N) is 4. The lowest BCUT2D eigenvalue weighted by Crippen LogP contribution is -2.37. The van der Waals surface area contributed by atoms with Crippen molar-refractivity contribution < 1.29 is 13.9 Å². The molecule has 1 aliphatic rings. The molecule has 5 rings (SSSR count). The summed E-state index contributed by atoms with van der Waals surface area (Å²) < 4.78 is 21.2. The molecule has 164 valence electrons. The Kier molecular flexibility index (Phi) is 5.22. The molecule has 4 aromatic rings. The highest BCUT2D eigenvalue weighted by Gasteiger charge is 2.31. The Morgan fingerprint density at radius 2 is 1.88 bits per heavy atom. The second-order valence-electron chi connectivity index (χ2n) is 7.92. The van der Waals surface area contributed by atoms with Crippen molar-refractivity contribution in [2.24, 2.45) is 0 Å². The van der Waals surface area contributed by atoms with Crippen LogP contribution in [0.15, 0.2) is 79.1 Å². The number of amides is 1. The molecule has 7 heteroatoms. The molecule has 0 unspecified atom stereocenters. The molecule has 1 amide bonds. The summed E-state index contributed by atoms with van der Waals surface area (Å²) in [6.45, 7) is 4.21. The number of pyridine rings is 1. The van der Waals surface area contributed by atoms with Crippen molar-refractivity contribution in [2.75, 3.05) is 4.90 Å². The molecule has 2 aromatic carbocycles. The molecule has 0 saturated heterocycles. The molecule has 0 radical (unpaired) electrons. The molecule has 0 N–H and O–H groups in total. The van der Waals surface area contributed by atoms with Crippen molar-refractivity contribution in [1.82, 2.24) is 14.5 Å². The minimum absolute atomic E-state index is 0.197. The molecule has 0 bridgehead atoms. The fourth-order valence-corrected chi connectivity index (χ4v) is 3.83. The van der Waals surface area contributed by atoms with Crippen LogP contribution in [0.1, 0.15) is 22.4 Å². The smallest absolute Gasteiger partial charge is 0.295 e. The first-order valence-electron chi connectivity index (χ1n) is 10.5. The van der Waals surface area contributed by atoms with Gasteiger partial charge in [-0.15, -0.1) is 0 Å². The minimum atomic E-state index is -0.323. The van der Waals surface area contributed by atoms with E-state index in [2.05, 4.69) is 9.97 Å². The highest BCUT2D eigenvalue weighted by molar-refractivity contribution is 6.09. The number of imidazole rings is 1. The summed E-state index contributed by atoms with van der Waals surface area (Å²) in [5.41, 5.74) is 4.62. The first-order valence-corrected chi connectivity index (χ1v) is 10.5. The minimum Gasteiger partial charge on any atom is -0.448 e. The van der Waals surface area contributed by atoms with Crippen LogP contribution in [-0.4, -0.2) is 20.4 Å². The maximum Gasteiger partial charge on any atom is 0.295 e. The van der Waals surface area contributed by atoms with Gasteiger partial charge in [-0.3, -0.25) is 9.69 Å². The third-order valence-electron chi connectivity index (χ3n) is 5.44. The first-order chi connectivity index (χ1) is 16.0. The van der Waals surface area contributed by atoms with E-state index in [-0.39, 0.29) is 24.0 Å². The molecule has 33 heavy (non-hydrogen) atoms. The van der Waals surface area contributed by atoms with Crippen LogP contribution < -0.4 is 9.64 Å².